The third-order valence-electron chi connectivity index (χ3n) is 8.11. The summed E-state index contributed by atoms with van der Waals surface area (Å²) < 4.78 is 35.6. The summed E-state index contributed by atoms with van der Waals surface area (Å²) >= 11 is 2.94. The zero-order valence-electron chi connectivity index (χ0n) is 25.4. The van der Waals surface area contributed by atoms with Gasteiger partial charge in [-0.15, -0.1) is 27.1 Å². The van der Waals surface area contributed by atoms with Crippen molar-refractivity contribution in [3.63, 3.8) is 0 Å². The molecule has 1 atom stereocenters. The molecule has 0 amide bonds. The lowest BCUT2D eigenvalue weighted by Gasteiger charge is -2.22. The second-order valence-corrected chi connectivity index (χ2v) is 14.5. The van der Waals surface area contributed by atoms with Crippen molar-refractivity contribution in [1.82, 2.24) is 14.3 Å². The lowest BCUT2D eigenvalue weighted by Crippen LogP contribution is -2.18. The average molecular weight is 685 g/mol. The first-order valence-electron chi connectivity index (χ1n) is 15.3. The van der Waals surface area contributed by atoms with Gasteiger partial charge in [-0.3, -0.25) is 9.58 Å². The van der Waals surface area contributed by atoms with Crippen LogP contribution in [0.2, 0.25) is 0 Å². The number of nitrogens with zero attached hydrogens (tertiary/aromatic N) is 6. The number of thiazole rings is 1. The summed E-state index contributed by atoms with van der Waals surface area (Å²) in [5.74, 6) is 0. The third-order valence-corrected chi connectivity index (χ3v) is 11.3. The van der Waals surface area contributed by atoms with E-state index in [9.17, 15) is 8.42 Å². The van der Waals surface area contributed by atoms with Crippen molar-refractivity contribution in [2.75, 3.05) is 5.01 Å². The highest BCUT2D eigenvalue weighted by atomic mass is 32.2. The minimum atomic E-state index is -4.04. The van der Waals surface area contributed by atoms with Crippen LogP contribution in [0.5, 0.6) is 0 Å². The van der Waals surface area contributed by atoms with Crippen LogP contribution in [0.1, 0.15) is 22.9 Å². The number of rotatable bonds is 8. The summed E-state index contributed by atoms with van der Waals surface area (Å²) in [5.41, 5.74) is 6.41. The van der Waals surface area contributed by atoms with Gasteiger partial charge in [-0.25, -0.2) is 4.68 Å². The second kappa shape index (κ2) is 12.7. The molecule has 48 heavy (non-hydrogen) atoms. The lowest BCUT2D eigenvalue weighted by molar-refractivity contribution is 0.596. The normalized spacial score (nSPS) is 15.2. The maximum Gasteiger partial charge on any atom is 0.285 e. The SMILES string of the molecule is O=S(=O)(/N=c1/scc(-c2ccccc2)n1-c1ccccc1)c1ccc(N2N=C(c3cccs3)CC2c2cnn(-c3ccccc3)c2)cc1. The quantitative estimate of drug-likeness (QED) is 0.162. The Labute approximate surface area is 285 Å². The van der Waals surface area contributed by atoms with Crippen molar-refractivity contribution < 1.29 is 8.42 Å². The Hall–Kier alpha value is -5.36. The molecular weight excluding hydrogens is 657 g/mol. The summed E-state index contributed by atoms with van der Waals surface area (Å²) in [4.78, 5) is 1.58. The number of aromatic nitrogens is 3. The third kappa shape index (κ3) is 5.83. The first-order chi connectivity index (χ1) is 23.5. The van der Waals surface area contributed by atoms with Gasteiger partial charge in [-0.1, -0.05) is 72.8 Å². The van der Waals surface area contributed by atoms with Crippen molar-refractivity contribution in [1.29, 1.82) is 0 Å². The monoisotopic (exact) mass is 684 g/mol. The van der Waals surface area contributed by atoms with Gasteiger partial charge >= 0.3 is 0 Å². The molecule has 0 aliphatic carbocycles. The van der Waals surface area contributed by atoms with Crippen molar-refractivity contribution in [3.8, 4) is 22.6 Å². The van der Waals surface area contributed by atoms with Crippen LogP contribution in [0, 0.1) is 0 Å². The molecule has 0 fully saturated rings. The number of thiophene rings is 1. The maximum atomic E-state index is 13.8. The predicted octanol–water partition coefficient (Wildman–Crippen LogP) is 8.10. The number of hydrogen-bond acceptors (Lipinski definition) is 7. The van der Waals surface area contributed by atoms with Crippen molar-refractivity contribution in [2.45, 2.75) is 17.4 Å². The summed E-state index contributed by atoms with van der Waals surface area (Å²) in [6.45, 7) is 0. The molecule has 0 spiro atoms. The van der Waals surface area contributed by atoms with Crippen LogP contribution in [-0.4, -0.2) is 28.5 Å². The van der Waals surface area contributed by atoms with Gasteiger partial charge in [0.2, 0.25) is 4.80 Å². The van der Waals surface area contributed by atoms with Crippen LogP contribution in [-0.2, 0) is 10.0 Å². The van der Waals surface area contributed by atoms with Crippen LogP contribution in [0.15, 0.2) is 165 Å². The Morgan fingerprint density at radius 3 is 2.10 bits per heavy atom. The van der Waals surface area contributed by atoms with Crippen LogP contribution in [0.3, 0.4) is 0 Å². The van der Waals surface area contributed by atoms with E-state index in [0.29, 0.717) is 11.2 Å². The fraction of sp³-hybridized carbons (Fsp3) is 0.0541. The van der Waals surface area contributed by atoms with Gasteiger partial charge < -0.3 is 0 Å². The molecule has 0 saturated carbocycles. The summed E-state index contributed by atoms with van der Waals surface area (Å²) in [6, 6.07) is 40.3. The zero-order chi connectivity index (χ0) is 32.5. The number of benzene rings is 4. The van der Waals surface area contributed by atoms with E-state index in [1.807, 2.05) is 134 Å². The average Bonchev–Trinajstić information content (AvgIpc) is 3.96. The van der Waals surface area contributed by atoms with Gasteiger partial charge in [-0.2, -0.15) is 18.6 Å². The van der Waals surface area contributed by atoms with Crippen molar-refractivity contribution in [3.05, 3.63) is 166 Å². The Bertz CT molecular complexity index is 2380. The number of anilines is 1. The van der Waals surface area contributed by atoms with Crippen molar-refractivity contribution in [2.24, 2.45) is 9.50 Å². The largest absolute Gasteiger partial charge is 0.285 e. The van der Waals surface area contributed by atoms with E-state index in [-0.39, 0.29) is 10.9 Å². The Balaban J connectivity index is 1.14. The molecule has 0 radical (unpaired) electrons. The minimum absolute atomic E-state index is 0.107. The summed E-state index contributed by atoms with van der Waals surface area (Å²) in [7, 11) is -4.04. The highest BCUT2D eigenvalue weighted by molar-refractivity contribution is 7.90. The smallest absolute Gasteiger partial charge is 0.284 e. The first-order valence-corrected chi connectivity index (χ1v) is 18.5. The van der Waals surface area contributed by atoms with Crippen molar-refractivity contribution >= 4 is 44.1 Å². The lowest BCUT2D eigenvalue weighted by atomic mass is 10.0. The topological polar surface area (TPSA) is 84.8 Å². The number of hydrazone groups is 1. The van der Waals surface area contributed by atoms with E-state index in [0.717, 1.165) is 44.5 Å². The highest BCUT2D eigenvalue weighted by Gasteiger charge is 2.32. The minimum Gasteiger partial charge on any atom is -0.284 e. The van der Waals surface area contributed by atoms with Crippen LogP contribution < -0.4 is 9.81 Å². The predicted molar refractivity (Wildman–Crippen MR) is 193 cm³/mol. The molecule has 0 N–H and O–H groups in total. The van der Waals surface area contributed by atoms with E-state index in [2.05, 4.69) is 15.6 Å². The first kappa shape index (κ1) is 30.0. The second-order valence-electron chi connectivity index (χ2n) is 11.1. The zero-order valence-corrected chi connectivity index (χ0v) is 27.9. The Kier molecular flexibility index (Phi) is 7.93. The van der Waals surface area contributed by atoms with E-state index in [1.54, 1.807) is 35.6 Å². The van der Waals surface area contributed by atoms with Crippen LogP contribution in [0.25, 0.3) is 22.6 Å². The van der Waals surface area contributed by atoms with E-state index >= 15 is 0 Å². The fourth-order valence-electron chi connectivity index (χ4n) is 5.77. The molecule has 0 bridgehead atoms. The van der Waals surface area contributed by atoms with E-state index in [1.165, 1.54) is 11.3 Å². The molecule has 1 aliphatic rings. The standard InChI is InChI=1S/C37H28N6O2S3/c44-48(45,40-37-42(30-15-8-3-9-16-30)35(26-47-37)27-11-4-1-5-12-27)32-20-18-31(19-21-32)43-34(23-33(39-43)36-17-10-22-46-36)28-24-38-41(25-28)29-13-6-2-7-14-29/h1-22,24-26,34H,23H2/b40-37+. The fourth-order valence-corrected chi connectivity index (χ4v) is 8.60. The highest BCUT2D eigenvalue weighted by Crippen LogP contribution is 2.38. The molecule has 4 heterocycles. The van der Waals surface area contributed by atoms with Gasteiger partial charge in [0.15, 0.2) is 0 Å². The molecule has 1 aliphatic heterocycles. The van der Waals surface area contributed by atoms with Gasteiger partial charge in [0.1, 0.15) is 0 Å². The molecule has 11 heteroatoms. The Morgan fingerprint density at radius 2 is 1.42 bits per heavy atom. The molecule has 4 aromatic carbocycles. The summed E-state index contributed by atoms with van der Waals surface area (Å²) in [5, 5.41) is 15.6. The molecule has 8 nitrogen and oxygen atoms in total. The molecule has 0 saturated heterocycles. The van der Waals surface area contributed by atoms with Gasteiger partial charge in [-0.05, 0) is 65.5 Å². The van der Waals surface area contributed by atoms with Gasteiger partial charge in [0.25, 0.3) is 10.0 Å². The molecule has 3 aromatic heterocycles. The van der Waals surface area contributed by atoms with Crippen LogP contribution in [0.4, 0.5) is 5.69 Å². The van der Waals surface area contributed by atoms with Crippen LogP contribution >= 0.6 is 22.7 Å². The molecule has 1 unspecified atom stereocenters. The molecular formula is C37H28N6O2S3. The maximum absolute atomic E-state index is 13.8. The van der Waals surface area contributed by atoms with Gasteiger partial charge in [0.05, 0.1) is 44.8 Å². The molecule has 7 aromatic rings. The molecule has 8 rings (SSSR count). The van der Waals surface area contributed by atoms with Gasteiger partial charge in [0, 0.05) is 29.2 Å². The number of sulfonamides is 1. The summed E-state index contributed by atoms with van der Waals surface area (Å²) in [6.07, 6.45) is 4.60. The van der Waals surface area contributed by atoms with E-state index in [4.69, 9.17) is 5.10 Å². The Morgan fingerprint density at radius 1 is 0.729 bits per heavy atom. The number of para-hydroxylation sites is 2. The number of hydrogen-bond donors (Lipinski definition) is 0. The van der Waals surface area contributed by atoms with E-state index < -0.39 is 10.0 Å². The molecule has 236 valence electrons.